The molecule has 0 saturated heterocycles. The summed E-state index contributed by atoms with van der Waals surface area (Å²) in [6.45, 7) is 3.63. The number of aromatic nitrogens is 1. The number of aromatic amines is 1. The minimum atomic E-state index is -0.614. The first-order valence-corrected chi connectivity index (χ1v) is 7.10. The second-order valence-electron chi connectivity index (χ2n) is 4.75. The number of aryl methyl sites for hydroxylation is 2. The maximum atomic E-state index is 13.7. The molecule has 0 fully saturated rings. The van der Waals surface area contributed by atoms with E-state index in [9.17, 15) is 14.0 Å². The van der Waals surface area contributed by atoms with Crippen molar-refractivity contribution in [3.63, 3.8) is 0 Å². The number of hydrogen-bond donors (Lipinski definition) is 2. The smallest absolute Gasteiger partial charge is 0.254 e. The zero-order valence-electron chi connectivity index (χ0n) is 11.6. The monoisotopic (exact) mass is 352 g/mol. The summed E-state index contributed by atoms with van der Waals surface area (Å²) in [5.74, 6) is -1.17. The van der Waals surface area contributed by atoms with E-state index in [0.29, 0.717) is 10.0 Å². The average Bonchev–Trinajstić information content (AvgIpc) is 2.36. The number of pyridine rings is 1. The van der Waals surface area contributed by atoms with Crippen molar-refractivity contribution in [3.8, 4) is 0 Å². The Labute approximate surface area is 129 Å². The number of carbonyl (C=O) groups is 1. The maximum Gasteiger partial charge on any atom is 0.254 e. The lowest BCUT2D eigenvalue weighted by Crippen LogP contribution is -2.28. The normalized spacial score (nSPS) is 10.5. The Kier molecular flexibility index (Phi) is 4.57. The van der Waals surface area contributed by atoms with Crippen LogP contribution in [0.2, 0.25) is 0 Å². The predicted octanol–water partition coefficient (Wildman–Crippen LogP) is 2.82. The molecule has 0 spiro atoms. The van der Waals surface area contributed by atoms with Gasteiger partial charge in [0.1, 0.15) is 5.82 Å². The van der Waals surface area contributed by atoms with Crippen LogP contribution in [0, 0.1) is 19.7 Å². The van der Waals surface area contributed by atoms with Gasteiger partial charge >= 0.3 is 0 Å². The van der Waals surface area contributed by atoms with Crippen LogP contribution in [0.5, 0.6) is 0 Å². The molecule has 0 bridgehead atoms. The van der Waals surface area contributed by atoms with E-state index in [0.717, 1.165) is 11.3 Å². The van der Waals surface area contributed by atoms with Gasteiger partial charge in [-0.2, -0.15) is 0 Å². The second-order valence-corrected chi connectivity index (χ2v) is 5.67. The highest BCUT2D eigenvalue weighted by molar-refractivity contribution is 9.10. The molecule has 1 aromatic carbocycles. The van der Waals surface area contributed by atoms with Crippen LogP contribution in [0.25, 0.3) is 0 Å². The van der Waals surface area contributed by atoms with Gasteiger partial charge in [0.2, 0.25) is 0 Å². The van der Waals surface area contributed by atoms with Crippen molar-refractivity contribution < 1.29 is 9.18 Å². The molecule has 0 atom stereocenters. The molecule has 0 aliphatic heterocycles. The van der Waals surface area contributed by atoms with Gasteiger partial charge in [-0.1, -0.05) is 15.9 Å². The van der Waals surface area contributed by atoms with Crippen molar-refractivity contribution >= 4 is 21.8 Å². The molecule has 6 heteroatoms. The molecule has 2 rings (SSSR count). The third-order valence-corrected chi connectivity index (χ3v) is 3.59. The molecular weight excluding hydrogens is 339 g/mol. The van der Waals surface area contributed by atoms with E-state index in [1.165, 1.54) is 12.1 Å². The summed E-state index contributed by atoms with van der Waals surface area (Å²) in [7, 11) is 0. The van der Waals surface area contributed by atoms with Crippen molar-refractivity contribution in [2.45, 2.75) is 20.4 Å². The Morgan fingerprint density at radius 3 is 2.67 bits per heavy atom. The van der Waals surface area contributed by atoms with Crippen LogP contribution in [0.15, 0.2) is 33.5 Å². The summed E-state index contributed by atoms with van der Waals surface area (Å²) in [5.41, 5.74) is 1.70. The van der Waals surface area contributed by atoms with Crippen molar-refractivity contribution in [2.24, 2.45) is 0 Å². The van der Waals surface area contributed by atoms with Gasteiger partial charge in [-0.15, -0.1) is 0 Å². The molecule has 2 aromatic rings. The Balaban J connectivity index is 2.17. The summed E-state index contributed by atoms with van der Waals surface area (Å²) in [6, 6.07) is 6.02. The minimum Gasteiger partial charge on any atom is -0.348 e. The fourth-order valence-corrected chi connectivity index (χ4v) is 2.37. The molecule has 0 aliphatic carbocycles. The second kappa shape index (κ2) is 6.22. The van der Waals surface area contributed by atoms with Crippen LogP contribution in [0.1, 0.15) is 27.2 Å². The lowest BCUT2D eigenvalue weighted by molar-refractivity contribution is 0.0946. The minimum absolute atomic E-state index is 0.0514. The lowest BCUT2D eigenvalue weighted by atomic mass is 10.1. The Morgan fingerprint density at radius 2 is 2.05 bits per heavy atom. The Morgan fingerprint density at radius 1 is 1.33 bits per heavy atom. The van der Waals surface area contributed by atoms with Gasteiger partial charge in [-0.3, -0.25) is 9.59 Å². The molecule has 1 heterocycles. The SMILES string of the molecule is Cc1cc(C)c(CNC(=O)c2ccc(Br)cc2F)c(=O)[nH]1. The highest BCUT2D eigenvalue weighted by Crippen LogP contribution is 2.15. The molecule has 0 aliphatic rings. The number of H-pyrrole nitrogens is 1. The molecule has 2 N–H and O–H groups in total. The molecule has 4 nitrogen and oxygen atoms in total. The van der Waals surface area contributed by atoms with Crippen molar-refractivity contribution in [1.82, 2.24) is 10.3 Å². The summed E-state index contributed by atoms with van der Waals surface area (Å²) < 4.78 is 14.2. The van der Waals surface area contributed by atoms with Crippen LogP contribution in [-0.4, -0.2) is 10.9 Å². The van der Waals surface area contributed by atoms with Crippen LogP contribution in [0.3, 0.4) is 0 Å². The number of rotatable bonds is 3. The fourth-order valence-electron chi connectivity index (χ4n) is 2.04. The van der Waals surface area contributed by atoms with Crippen LogP contribution in [-0.2, 0) is 6.54 Å². The van der Waals surface area contributed by atoms with Gasteiger partial charge in [0.15, 0.2) is 0 Å². The van der Waals surface area contributed by atoms with E-state index in [2.05, 4.69) is 26.2 Å². The summed E-state index contributed by atoms with van der Waals surface area (Å²) in [4.78, 5) is 26.5. The van der Waals surface area contributed by atoms with Gasteiger partial charge in [-0.25, -0.2) is 4.39 Å². The maximum absolute atomic E-state index is 13.7. The zero-order valence-corrected chi connectivity index (χ0v) is 13.2. The lowest BCUT2D eigenvalue weighted by Gasteiger charge is -2.09. The molecule has 110 valence electrons. The van der Waals surface area contributed by atoms with Crippen LogP contribution < -0.4 is 10.9 Å². The summed E-state index contributed by atoms with van der Waals surface area (Å²) in [5, 5.41) is 2.56. The molecular formula is C15H14BrFN2O2. The fraction of sp³-hybridized carbons (Fsp3) is 0.200. The van der Waals surface area contributed by atoms with E-state index in [4.69, 9.17) is 0 Å². The third-order valence-electron chi connectivity index (χ3n) is 3.10. The Hall–Kier alpha value is -1.95. The highest BCUT2D eigenvalue weighted by Gasteiger charge is 2.13. The van der Waals surface area contributed by atoms with Gasteiger partial charge in [-0.05, 0) is 43.7 Å². The topological polar surface area (TPSA) is 62.0 Å². The zero-order chi connectivity index (χ0) is 15.6. The first kappa shape index (κ1) is 15.4. The average molecular weight is 353 g/mol. The van der Waals surface area contributed by atoms with Crippen LogP contribution in [0.4, 0.5) is 4.39 Å². The first-order chi connectivity index (χ1) is 9.88. The highest BCUT2D eigenvalue weighted by atomic mass is 79.9. The summed E-state index contributed by atoms with van der Waals surface area (Å²) in [6.07, 6.45) is 0. The molecule has 1 amide bonds. The molecule has 0 radical (unpaired) electrons. The van der Waals surface area contributed by atoms with Crippen LogP contribution >= 0.6 is 15.9 Å². The van der Waals surface area contributed by atoms with Gasteiger partial charge in [0.25, 0.3) is 11.5 Å². The van der Waals surface area contributed by atoms with Gasteiger partial charge in [0.05, 0.1) is 5.56 Å². The predicted molar refractivity (Wildman–Crippen MR) is 81.8 cm³/mol. The third kappa shape index (κ3) is 3.58. The van der Waals surface area contributed by atoms with E-state index in [-0.39, 0.29) is 17.7 Å². The first-order valence-electron chi connectivity index (χ1n) is 6.31. The Bertz CT molecular complexity index is 756. The van der Waals surface area contributed by atoms with Gasteiger partial charge in [0, 0.05) is 22.3 Å². The summed E-state index contributed by atoms with van der Waals surface area (Å²) >= 11 is 3.13. The number of amides is 1. The number of nitrogens with one attached hydrogen (secondary N) is 2. The standard InChI is InChI=1S/C15H14BrFN2O2/c1-8-5-9(2)19-15(21)12(8)7-18-14(20)11-4-3-10(16)6-13(11)17/h3-6H,7H2,1-2H3,(H,18,20)(H,19,21). The number of carbonyl (C=O) groups excluding carboxylic acids is 1. The van der Waals surface area contributed by atoms with E-state index < -0.39 is 11.7 Å². The molecule has 0 unspecified atom stereocenters. The van der Waals surface area contributed by atoms with E-state index in [1.807, 2.05) is 6.07 Å². The van der Waals surface area contributed by atoms with E-state index in [1.54, 1.807) is 19.9 Å². The largest absolute Gasteiger partial charge is 0.348 e. The molecule has 21 heavy (non-hydrogen) atoms. The van der Waals surface area contributed by atoms with Crippen molar-refractivity contribution in [1.29, 1.82) is 0 Å². The molecule has 1 aromatic heterocycles. The quantitative estimate of drug-likeness (QED) is 0.892. The molecule has 0 saturated carbocycles. The number of halogens is 2. The van der Waals surface area contributed by atoms with Gasteiger partial charge < -0.3 is 10.3 Å². The van der Waals surface area contributed by atoms with Crippen molar-refractivity contribution in [3.05, 3.63) is 67.3 Å². The number of benzene rings is 1. The number of hydrogen-bond acceptors (Lipinski definition) is 2. The van der Waals surface area contributed by atoms with Crippen molar-refractivity contribution in [2.75, 3.05) is 0 Å². The van der Waals surface area contributed by atoms with E-state index >= 15 is 0 Å².